The molecule has 1 heterocycles. The van der Waals surface area contributed by atoms with E-state index in [0.29, 0.717) is 5.69 Å². The number of aryl methyl sites for hydroxylation is 2. The Hall–Kier alpha value is -2.57. The third-order valence-corrected chi connectivity index (χ3v) is 3.18. The van der Waals surface area contributed by atoms with Gasteiger partial charge in [-0.15, -0.1) is 0 Å². The molecule has 0 unspecified atom stereocenters. The summed E-state index contributed by atoms with van der Waals surface area (Å²) in [4.78, 5) is 16.0. The molecule has 0 radical (unpaired) electrons. The molecule has 2 aromatic rings. The molecule has 4 nitrogen and oxygen atoms in total. The zero-order valence-corrected chi connectivity index (χ0v) is 12.7. The monoisotopic (exact) mass is 323 g/mol. The highest BCUT2D eigenvalue weighted by atomic mass is 19.4. The fourth-order valence-corrected chi connectivity index (χ4v) is 2.05. The summed E-state index contributed by atoms with van der Waals surface area (Å²) in [5.74, 6) is 0. The molecule has 1 aromatic heterocycles. The van der Waals surface area contributed by atoms with E-state index in [1.807, 2.05) is 19.1 Å². The fraction of sp³-hybridized carbons (Fsp3) is 0.250. The number of nitrogens with zero attached hydrogens (tertiary/aromatic N) is 1. The van der Waals surface area contributed by atoms with Gasteiger partial charge in [-0.25, -0.2) is 4.79 Å². The number of alkyl halides is 3. The van der Waals surface area contributed by atoms with Crippen molar-refractivity contribution in [3.05, 3.63) is 58.9 Å². The molecular formula is C16H16F3N3O. The smallest absolute Gasteiger partial charge is 0.332 e. The highest BCUT2D eigenvalue weighted by molar-refractivity contribution is 5.89. The summed E-state index contributed by atoms with van der Waals surface area (Å²) in [6.07, 6.45) is -4.45. The van der Waals surface area contributed by atoms with Crippen LogP contribution in [-0.4, -0.2) is 11.0 Å². The largest absolute Gasteiger partial charge is 0.416 e. The van der Waals surface area contributed by atoms with Crippen LogP contribution in [0.5, 0.6) is 0 Å². The first-order chi connectivity index (χ1) is 10.8. The van der Waals surface area contributed by atoms with Crippen LogP contribution in [0.15, 0.2) is 36.4 Å². The number of benzene rings is 1. The number of hydrogen-bond acceptors (Lipinski definition) is 2. The van der Waals surface area contributed by atoms with Crippen LogP contribution in [0.2, 0.25) is 0 Å². The number of hydrogen-bond donors (Lipinski definition) is 2. The van der Waals surface area contributed by atoms with Crippen LogP contribution in [-0.2, 0) is 12.7 Å². The Morgan fingerprint density at radius 1 is 1.17 bits per heavy atom. The number of anilines is 1. The maximum absolute atomic E-state index is 12.8. The summed E-state index contributed by atoms with van der Waals surface area (Å²) in [5.41, 5.74) is 0.902. The quantitative estimate of drug-likeness (QED) is 0.896. The molecule has 0 saturated carbocycles. The minimum absolute atomic E-state index is 0.0811. The van der Waals surface area contributed by atoms with Crippen molar-refractivity contribution in [2.45, 2.75) is 26.6 Å². The second-order valence-electron chi connectivity index (χ2n) is 5.11. The molecular weight excluding hydrogens is 307 g/mol. The molecule has 0 saturated heterocycles. The SMILES string of the molecule is Cc1cccc(CNC(=O)Nc2ccc(C)c(C(F)(F)F)c2)n1. The van der Waals surface area contributed by atoms with Gasteiger partial charge in [0.2, 0.25) is 0 Å². The van der Waals surface area contributed by atoms with Crippen LogP contribution in [0.4, 0.5) is 23.7 Å². The average Bonchev–Trinajstić information content (AvgIpc) is 2.46. The number of carbonyl (C=O) groups is 1. The predicted molar refractivity (Wildman–Crippen MR) is 81.0 cm³/mol. The number of urea groups is 1. The van der Waals surface area contributed by atoms with E-state index in [-0.39, 0.29) is 17.8 Å². The standard InChI is InChI=1S/C16H16F3N3O/c1-10-6-7-12(8-14(10)16(17,18)19)22-15(23)20-9-13-5-3-4-11(2)21-13/h3-8H,9H2,1-2H3,(H2,20,22,23). The van der Waals surface area contributed by atoms with Gasteiger partial charge in [0.25, 0.3) is 0 Å². The molecule has 0 aliphatic carbocycles. The predicted octanol–water partition coefficient (Wildman–Crippen LogP) is 4.04. The first-order valence-electron chi connectivity index (χ1n) is 6.91. The van der Waals surface area contributed by atoms with Crippen molar-refractivity contribution >= 4 is 11.7 Å². The molecule has 0 aliphatic rings. The van der Waals surface area contributed by atoms with E-state index in [9.17, 15) is 18.0 Å². The summed E-state index contributed by atoms with van der Waals surface area (Å²) in [6, 6.07) is 8.46. The summed E-state index contributed by atoms with van der Waals surface area (Å²) >= 11 is 0. The van der Waals surface area contributed by atoms with Crippen molar-refractivity contribution < 1.29 is 18.0 Å². The third-order valence-electron chi connectivity index (χ3n) is 3.18. The van der Waals surface area contributed by atoms with Gasteiger partial charge in [-0.05, 0) is 43.7 Å². The van der Waals surface area contributed by atoms with Crippen LogP contribution < -0.4 is 10.6 Å². The van der Waals surface area contributed by atoms with Crippen LogP contribution >= 0.6 is 0 Å². The number of amides is 2. The van der Waals surface area contributed by atoms with Crippen molar-refractivity contribution in [3.8, 4) is 0 Å². The lowest BCUT2D eigenvalue weighted by molar-refractivity contribution is -0.138. The van der Waals surface area contributed by atoms with Crippen molar-refractivity contribution in [2.24, 2.45) is 0 Å². The number of carbonyl (C=O) groups excluding carboxylic acids is 1. The van der Waals surface area contributed by atoms with E-state index in [0.717, 1.165) is 11.8 Å². The van der Waals surface area contributed by atoms with E-state index >= 15 is 0 Å². The lowest BCUT2D eigenvalue weighted by Gasteiger charge is -2.13. The molecule has 23 heavy (non-hydrogen) atoms. The number of pyridine rings is 1. The molecule has 2 rings (SSSR count). The highest BCUT2D eigenvalue weighted by Gasteiger charge is 2.32. The topological polar surface area (TPSA) is 54.0 Å². The second kappa shape index (κ2) is 6.68. The normalized spacial score (nSPS) is 11.2. The van der Waals surface area contributed by atoms with Gasteiger partial charge < -0.3 is 10.6 Å². The van der Waals surface area contributed by atoms with Gasteiger partial charge in [0.15, 0.2) is 0 Å². The van der Waals surface area contributed by atoms with Gasteiger partial charge >= 0.3 is 12.2 Å². The third kappa shape index (κ3) is 4.70. The number of rotatable bonds is 3. The molecule has 0 fully saturated rings. The van der Waals surface area contributed by atoms with Gasteiger partial charge in [0.1, 0.15) is 0 Å². The maximum Gasteiger partial charge on any atom is 0.416 e. The van der Waals surface area contributed by atoms with Crippen LogP contribution in [0.25, 0.3) is 0 Å². The Kier molecular flexibility index (Phi) is 4.88. The second-order valence-corrected chi connectivity index (χ2v) is 5.11. The van der Waals surface area contributed by atoms with Crippen molar-refractivity contribution in [1.29, 1.82) is 0 Å². The molecule has 122 valence electrons. The van der Waals surface area contributed by atoms with E-state index in [2.05, 4.69) is 15.6 Å². The molecule has 7 heteroatoms. The molecule has 2 N–H and O–H groups in total. The van der Waals surface area contributed by atoms with Gasteiger partial charge in [-0.2, -0.15) is 13.2 Å². The Labute approximate surface area is 131 Å². The fourth-order valence-electron chi connectivity index (χ4n) is 2.05. The number of nitrogens with one attached hydrogen (secondary N) is 2. The summed E-state index contributed by atoms with van der Waals surface area (Å²) in [5, 5.41) is 4.94. The Morgan fingerprint density at radius 2 is 1.91 bits per heavy atom. The number of aromatic nitrogens is 1. The highest BCUT2D eigenvalue weighted by Crippen LogP contribution is 2.33. The van der Waals surface area contributed by atoms with Gasteiger partial charge in [-0.1, -0.05) is 12.1 Å². The summed E-state index contributed by atoms with van der Waals surface area (Å²) < 4.78 is 38.5. The van der Waals surface area contributed by atoms with Gasteiger partial charge in [0.05, 0.1) is 17.8 Å². The first kappa shape index (κ1) is 16.8. The van der Waals surface area contributed by atoms with Crippen molar-refractivity contribution in [3.63, 3.8) is 0 Å². The zero-order chi connectivity index (χ0) is 17.0. The minimum atomic E-state index is -4.45. The van der Waals surface area contributed by atoms with Gasteiger partial charge in [0, 0.05) is 11.4 Å². The number of halogens is 3. The lowest BCUT2D eigenvalue weighted by Crippen LogP contribution is -2.28. The summed E-state index contributed by atoms with van der Waals surface area (Å²) in [7, 11) is 0. The average molecular weight is 323 g/mol. The lowest BCUT2D eigenvalue weighted by atomic mass is 10.1. The van der Waals surface area contributed by atoms with Crippen LogP contribution in [0.1, 0.15) is 22.5 Å². The van der Waals surface area contributed by atoms with E-state index in [1.165, 1.54) is 19.1 Å². The van der Waals surface area contributed by atoms with E-state index in [4.69, 9.17) is 0 Å². The first-order valence-corrected chi connectivity index (χ1v) is 6.91. The van der Waals surface area contributed by atoms with E-state index in [1.54, 1.807) is 6.07 Å². The van der Waals surface area contributed by atoms with Crippen molar-refractivity contribution in [2.75, 3.05) is 5.32 Å². The zero-order valence-electron chi connectivity index (χ0n) is 12.7. The van der Waals surface area contributed by atoms with Gasteiger partial charge in [-0.3, -0.25) is 4.98 Å². The molecule has 0 atom stereocenters. The molecule has 0 spiro atoms. The summed E-state index contributed by atoms with van der Waals surface area (Å²) in [6.45, 7) is 3.39. The molecule has 2 amide bonds. The Bertz CT molecular complexity index is 714. The van der Waals surface area contributed by atoms with Crippen molar-refractivity contribution in [1.82, 2.24) is 10.3 Å². The van der Waals surface area contributed by atoms with Crippen LogP contribution in [0, 0.1) is 13.8 Å². The maximum atomic E-state index is 12.8. The van der Waals surface area contributed by atoms with Crippen LogP contribution in [0.3, 0.4) is 0 Å². The Morgan fingerprint density at radius 3 is 2.57 bits per heavy atom. The molecule has 0 bridgehead atoms. The molecule has 0 aliphatic heterocycles. The molecule has 1 aromatic carbocycles. The minimum Gasteiger partial charge on any atom is -0.332 e. The Balaban J connectivity index is 2.00. The van der Waals surface area contributed by atoms with E-state index < -0.39 is 17.8 Å².